The molecular weight excluding hydrogens is 226 g/mol. The van der Waals surface area contributed by atoms with Crippen molar-refractivity contribution in [1.29, 1.82) is 0 Å². The molecule has 0 bridgehead atoms. The summed E-state index contributed by atoms with van der Waals surface area (Å²) in [6.07, 6.45) is 4.32. The predicted octanol–water partition coefficient (Wildman–Crippen LogP) is 3.34. The topological polar surface area (TPSA) is 50.2 Å². The van der Waals surface area contributed by atoms with Gasteiger partial charge in [0, 0.05) is 11.6 Å². The molecule has 1 saturated carbocycles. The first kappa shape index (κ1) is 11.7. The number of nitrogens with zero attached hydrogens (tertiary/aromatic N) is 1. The van der Waals surface area contributed by atoms with Gasteiger partial charge >= 0.3 is 5.97 Å². The number of pyridine rings is 1. The Labute approximate surface area is 107 Å². The second-order valence-corrected chi connectivity index (χ2v) is 5.99. The van der Waals surface area contributed by atoms with Gasteiger partial charge in [0.05, 0.1) is 11.3 Å². The average Bonchev–Trinajstić information content (AvgIpc) is 3.11. The maximum absolute atomic E-state index is 11.4. The monoisotopic (exact) mass is 245 g/mol. The van der Waals surface area contributed by atoms with E-state index in [4.69, 9.17) is 4.98 Å². The van der Waals surface area contributed by atoms with E-state index in [2.05, 4.69) is 13.8 Å². The van der Waals surface area contributed by atoms with Crippen molar-refractivity contribution < 1.29 is 9.90 Å². The van der Waals surface area contributed by atoms with E-state index in [0.717, 1.165) is 42.6 Å². The highest BCUT2D eigenvalue weighted by atomic mass is 16.4. The third-order valence-electron chi connectivity index (χ3n) is 4.15. The highest BCUT2D eigenvalue weighted by Gasteiger charge is 2.33. The molecule has 0 spiro atoms. The quantitative estimate of drug-likeness (QED) is 0.869. The van der Waals surface area contributed by atoms with Crippen LogP contribution in [0.15, 0.2) is 6.07 Å². The van der Waals surface area contributed by atoms with Crippen LogP contribution in [0.25, 0.3) is 0 Å². The van der Waals surface area contributed by atoms with Crippen molar-refractivity contribution in [2.45, 2.75) is 51.4 Å². The van der Waals surface area contributed by atoms with Crippen LogP contribution in [-0.2, 0) is 6.42 Å². The number of rotatable bonds is 2. The lowest BCUT2D eigenvalue weighted by atomic mass is 9.80. The van der Waals surface area contributed by atoms with Crippen molar-refractivity contribution in [2.24, 2.45) is 5.92 Å². The summed E-state index contributed by atoms with van der Waals surface area (Å²) >= 11 is 0. The normalized spacial score (nSPS) is 26.8. The molecule has 2 aliphatic rings. The Balaban J connectivity index is 2.11. The number of hydrogen-bond acceptors (Lipinski definition) is 2. The van der Waals surface area contributed by atoms with E-state index in [1.54, 1.807) is 0 Å². The first-order chi connectivity index (χ1) is 8.56. The SMILES string of the molecule is CC1Cc2cc(C(=O)O)c(C3CC3)nc2C(C)C1. The molecule has 3 nitrogen and oxygen atoms in total. The van der Waals surface area contributed by atoms with Crippen LogP contribution in [0.2, 0.25) is 0 Å². The summed E-state index contributed by atoms with van der Waals surface area (Å²) < 4.78 is 0. The smallest absolute Gasteiger partial charge is 0.337 e. The molecule has 0 radical (unpaired) electrons. The van der Waals surface area contributed by atoms with Crippen molar-refractivity contribution in [3.05, 3.63) is 28.6 Å². The summed E-state index contributed by atoms with van der Waals surface area (Å²) in [4.78, 5) is 16.1. The number of fused-ring (bicyclic) bond motifs is 1. The molecule has 1 aromatic rings. The fourth-order valence-electron chi connectivity index (χ4n) is 3.19. The van der Waals surface area contributed by atoms with Crippen molar-refractivity contribution >= 4 is 5.97 Å². The standard InChI is InChI=1S/C15H19NO2/c1-8-5-9(2)13-11(6-8)7-12(15(17)18)14(16-13)10-3-4-10/h7-10H,3-6H2,1-2H3,(H,17,18). The summed E-state index contributed by atoms with van der Waals surface area (Å²) in [5.41, 5.74) is 3.59. The van der Waals surface area contributed by atoms with Gasteiger partial charge < -0.3 is 5.11 Å². The van der Waals surface area contributed by atoms with E-state index in [0.29, 0.717) is 23.3 Å². The van der Waals surface area contributed by atoms with Gasteiger partial charge in [-0.1, -0.05) is 13.8 Å². The molecule has 2 atom stereocenters. The highest BCUT2D eigenvalue weighted by molar-refractivity contribution is 5.89. The lowest BCUT2D eigenvalue weighted by Crippen LogP contribution is -2.19. The molecule has 1 heterocycles. The second kappa shape index (κ2) is 4.08. The first-order valence-electron chi connectivity index (χ1n) is 6.83. The van der Waals surface area contributed by atoms with E-state index >= 15 is 0 Å². The molecule has 0 amide bonds. The molecule has 0 aromatic carbocycles. The average molecular weight is 245 g/mol. The molecule has 18 heavy (non-hydrogen) atoms. The van der Waals surface area contributed by atoms with Gasteiger partial charge in [-0.05, 0) is 49.1 Å². The van der Waals surface area contributed by atoms with Crippen LogP contribution in [0.4, 0.5) is 0 Å². The Morgan fingerprint density at radius 1 is 1.33 bits per heavy atom. The first-order valence-corrected chi connectivity index (χ1v) is 6.83. The summed E-state index contributed by atoms with van der Waals surface area (Å²) in [5, 5.41) is 9.34. The van der Waals surface area contributed by atoms with Crippen LogP contribution in [0.5, 0.6) is 0 Å². The van der Waals surface area contributed by atoms with Crippen LogP contribution in [0.1, 0.15) is 72.3 Å². The van der Waals surface area contributed by atoms with Gasteiger partial charge in [-0.15, -0.1) is 0 Å². The molecule has 1 fully saturated rings. The van der Waals surface area contributed by atoms with Gasteiger partial charge in [0.2, 0.25) is 0 Å². The van der Waals surface area contributed by atoms with E-state index < -0.39 is 5.97 Å². The summed E-state index contributed by atoms with van der Waals surface area (Å²) in [6.45, 7) is 4.44. The van der Waals surface area contributed by atoms with Crippen LogP contribution in [0.3, 0.4) is 0 Å². The van der Waals surface area contributed by atoms with Crippen LogP contribution in [-0.4, -0.2) is 16.1 Å². The van der Waals surface area contributed by atoms with Crippen LogP contribution < -0.4 is 0 Å². The number of hydrogen-bond donors (Lipinski definition) is 1. The minimum absolute atomic E-state index is 0.396. The molecule has 2 unspecified atom stereocenters. The molecule has 1 aromatic heterocycles. The van der Waals surface area contributed by atoms with Gasteiger partial charge in [0.15, 0.2) is 0 Å². The lowest BCUT2D eigenvalue weighted by molar-refractivity contribution is 0.0694. The Kier molecular flexibility index (Phi) is 2.65. The predicted molar refractivity (Wildman–Crippen MR) is 69.1 cm³/mol. The maximum Gasteiger partial charge on any atom is 0.337 e. The minimum atomic E-state index is -0.821. The van der Waals surface area contributed by atoms with E-state index in [1.165, 1.54) is 0 Å². The Morgan fingerprint density at radius 3 is 2.67 bits per heavy atom. The third-order valence-corrected chi connectivity index (χ3v) is 4.15. The van der Waals surface area contributed by atoms with Crippen molar-refractivity contribution in [2.75, 3.05) is 0 Å². The van der Waals surface area contributed by atoms with Crippen molar-refractivity contribution in [1.82, 2.24) is 4.98 Å². The molecule has 0 saturated heterocycles. The minimum Gasteiger partial charge on any atom is -0.478 e. The Hall–Kier alpha value is -1.38. The molecule has 0 aliphatic heterocycles. The van der Waals surface area contributed by atoms with E-state index in [9.17, 15) is 9.90 Å². The number of carboxylic acid groups (broad SMARTS) is 1. The summed E-state index contributed by atoms with van der Waals surface area (Å²) in [5.74, 6) is 0.665. The van der Waals surface area contributed by atoms with Gasteiger partial charge in [0.25, 0.3) is 0 Å². The zero-order valence-corrected chi connectivity index (χ0v) is 10.9. The number of carboxylic acids is 1. The molecular formula is C15H19NO2. The third kappa shape index (κ3) is 1.92. The highest BCUT2D eigenvalue weighted by Crippen LogP contribution is 2.43. The van der Waals surface area contributed by atoms with Gasteiger partial charge in [0.1, 0.15) is 0 Å². The number of aromatic nitrogens is 1. The number of carbonyl (C=O) groups is 1. The maximum atomic E-state index is 11.4. The summed E-state index contributed by atoms with van der Waals surface area (Å²) in [7, 11) is 0. The molecule has 1 N–H and O–H groups in total. The zero-order valence-electron chi connectivity index (χ0n) is 10.9. The van der Waals surface area contributed by atoms with Gasteiger partial charge in [-0.3, -0.25) is 4.98 Å². The molecule has 3 rings (SSSR count). The largest absolute Gasteiger partial charge is 0.478 e. The summed E-state index contributed by atoms with van der Waals surface area (Å²) in [6, 6.07) is 1.89. The lowest BCUT2D eigenvalue weighted by Gasteiger charge is -2.27. The van der Waals surface area contributed by atoms with E-state index in [1.807, 2.05) is 6.07 Å². The van der Waals surface area contributed by atoms with E-state index in [-0.39, 0.29) is 0 Å². The van der Waals surface area contributed by atoms with Gasteiger partial charge in [-0.2, -0.15) is 0 Å². The Bertz CT molecular complexity index is 505. The van der Waals surface area contributed by atoms with Crippen LogP contribution >= 0.6 is 0 Å². The van der Waals surface area contributed by atoms with Gasteiger partial charge in [-0.25, -0.2) is 4.79 Å². The van der Waals surface area contributed by atoms with Crippen molar-refractivity contribution in [3.63, 3.8) is 0 Å². The zero-order chi connectivity index (χ0) is 12.9. The van der Waals surface area contributed by atoms with Crippen LogP contribution in [0, 0.1) is 5.92 Å². The number of aromatic carboxylic acids is 1. The van der Waals surface area contributed by atoms with Crippen molar-refractivity contribution in [3.8, 4) is 0 Å². The Morgan fingerprint density at radius 2 is 2.06 bits per heavy atom. The molecule has 2 aliphatic carbocycles. The molecule has 96 valence electrons. The fraction of sp³-hybridized carbons (Fsp3) is 0.600. The molecule has 3 heteroatoms. The fourth-order valence-corrected chi connectivity index (χ4v) is 3.19. The second-order valence-electron chi connectivity index (χ2n) is 5.99.